The van der Waals surface area contributed by atoms with Gasteiger partial charge in [0.05, 0.1) is 30.0 Å². The number of nitrogens with zero attached hydrogens (tertiary/aromatic N) is 1. The van der Waals surface area contributed by atoms with E-state index in [1.165, 1.54) is 7.11 Å². The summed E-state index contributed by atoms with van der Waals surface area (Å²) in [5, 5.41) is 11.5. The number of ether oxygens (including phenoxy) is 1. The summed E-state index contributed by atoms with van der Waals surface area (Å²) in [5.41, 5.74) is 8.08. The fourth-order valence-electron chi connectivity index (χ4n) is 1.94. The van der Waals surface area contributed by atoms with Crippen molar-refractivity contribution < 1.29 is 9.53 Å². The molecule has 0 fully saturated rings. The summed E-state index contributed by atoms with van der Waals surface area (Å²) in [4.78, 5) is 12.2. The van der Waals surface area contributed by atoms with E-state index in [0.29, 0.717) is 29.1 Å². The summed E-state index contributed by atoms with van der Waals surface area (Å²) < 4.78 is 5.16. The van der Waals surface area contributed by atoms with Gasteiger partial charge < -0.3 is 15.8 Å². The van der Waals surface area contributed by atoms with Gasteiger partial charge in [0.2, 0.25) is 0 Å². The van der Waals surface area contributed by atoms with Crippen molar-refractivity contribution in [1.29, 1.82) is 5.26 Å². The number of rotatable bonds is 4. The number of hydrogen-bond acceptors (Lipinski definition) is 4. The van der Waals surface area contributed by atoms with Gasteiger partial charge in [0, 0.05) is 6.54 Å². The van der Waals surface area contributed by atoms with Gasteiger partial charge in [-0.3, -0.25) is 4.79 Å². The van der Waals surface area contributed by atoms with Crippen molar-refractivity contribution in [1.82, 2.24) is 5.32 Å². The third-order valence-corrected chi connectivity index (χ3v) is 3.03. The Morgan fingerprint density at radius 3 is 2.62 bits per heavy atom. The van der Waals surface area contributed by atoms with Gasteiger partial charge in [-0.25, -0.2) is 0 Å². The largest absolute Gasteiger partial charge is 0.494 e. The fourth-order valence-corrected chi connectivity index (χ4v) is 1.94. The Labute approximate surface area is 123 Å². The normalized spacial score (nSPS) is 9.71. The second-order valence-corrected chi connectivity index (χ2v) is 4.42. The minimum atomic E-state index is -0.261. The maximum Gasteiger partial charge on any atom is 0.255 e. The number of benzene rings is 2. The van der Waals surface area contributed by atoms with Gasteiger partial charge >= 0.3 is 0 Å². The number of nitrogens with two attached hydrogens (primary N) is 1. The topological polar surface area (TPSA) is 88.1 Å². The Morgan fingerprint density at radius 1 is 1.29 bits per heavy atom. The number of hydrogen-bond donors (Lipinski definition) is 2. The van der Waals surface area contributed by atoms with E-state index < -0.39 is 0 Å². The van der Waals surface area contributed by atoms with Crippen LogP contribution < -0.4 is 15.8 Å². The number of amides is 1. The molecule has 0 heterocycles. The molecule has 21 heavy (non-hydrogen) atoms. The Balaban J connectivity index is 2.08. The summed E-state index contributed by atoms with van der Waals surface area (Å²) in [6.07, 6.45) is 0. The van der Waals surface area contributed by atoms with Crippen LogP contribution in [0.2, 0.25) is 0 Å². The van der Waals surface area contributed by atoms with E-state index in [1.54, 1.807) is 42.5 Å². The van der Waals surface area contributed by atoms with Crippen LogP contribution in [0.5, 0.6) is 5.75 Å². The van der Waals surface area contributed by atoms with Crippen molar-refractivity contribution in [3.05, 3.63) is 59.2 Å². The molecule has 2 aromatic carbocycles. The number of carbonyl (C=O) groups is 1. The van der Waals surface area contributed by atoms with Crippen LogP contribution in [0, 0.1) is 11.3 Å². The van der Waals surface area contributed by atoms with Crippen LogP contribution in [0.1, 0.15) is 21.5 Å². The molecule has 0 aromatic heterocycles. The summed E-state index contributed by atoms with van der Waals surface area (Å²) in [5.74, 6) is 0.110. The van der Waals surface area contributed by atoms with Crippen LogP contribution in [0.4, 0.5) is 5.69 Å². The highest BCUT2D eigenvalue weighted by Crippen LogP contribution is 2.25. The van der Waals surface area contributed by atoms with Crippen LogP contribution >= 0.6 is 0 Å². The van der Waals surface area contributed by atoms with Crippen molar-refractivity contribution >= 4 is 11.6 Å². The van der Waals surface area contributed by atoms with Gasteiger partial charge in [0.1, 0.15) is 0 Å². The molecule has 5 heteroatoms. The first-order chi connectivity index (χ1) is 10.2. The molecule has 0 unspecified atom stereocenters. The number of para-hydroxylation sites is 1. The fraction of sp³-hybridized carbons (Fsp3) is 0.125. The summed E-state index contributed by atoms with van der Waals surface area (Å²) in [6.45, 7) is 0.364. The second kappa shape index (κ2) is 6.44. The lowest BCUT2D eigenvalue weighted by atomic mass is 10.1. The van der Waals surface area contributed by atoms with E-state index in [0.717, 1.165) is 5.56 Å². The highest BCUT2D eigenvalue weighted by atomic mass is 16.5. The Hall–Kier alpha value is -3.00. The molecule has 3 N–H and O–H groups in total. The monoisotopic (exact) mass is 281 g/mol. The Morgan fingerprint density at radius 2 is 2.00 bits per heavy atom. The first-order valence-corrected chi connectivity index (χ1v) is 6.35. The van der Waals surface area contributed by atoms with Crippen LogP contribution in [0.3, 0.4) is 0 Å². The molecule has 1 amide bonds. The number of nitriles is 1. The lowest BCUT2D eigenvalue weighted by molar-refractivity contribution is 0.0948. The van der Waals surface area contributed by atoms with E-state index in [1.807, 2.05) is 6.07 Å². The molecule has 0 radical (unpaired) electrons. The highest BCUT2D eigenvalue weighted by Gasteiger charge is 2.13. The molecule has 0 aliphatic heterocycles. The Bertz CT molecular complexity index is 688. The van der Waals surface area contributed by atoms with Crippen molar-refractivity contribution in [2.75, 3.05) is 12.8 Å². The third-order valence-electron chi connectivity index (χ3n) is 3.03. The summed E-state index contributed by atoms with van der Waals surface area (Å²) >= 11 is 0. The SMILES string of the molecule is COc1c(N)cccc1C(=O)NCc1ccc(C#N)cc1. The van der Waals surface area contributed by atoms with Crippen LogP contribution in [-0.4, -0.2) is 13.0 Å². The maximum absolute atomic E-state index is 12.2. The van der Waals surface area contributed by atoms with Gasteiger partial charge in [-0.1, -0.05) is 18.2 Å². The van der Waals surface area contributed by atoms with E-state index in [9.17, 15) is 4.79 Å². The predicted molar refractivity (Wildman–Crippen MR) is 79.7 cm³/mol. The van der Waals surface area contributed by atoms with E-state index in [4.69, 9.17) is 15.7 Å². The van der Waals surface area contributed by atoms with Crippen LogP contribution in [0.25, 0.3) is 0 Å². The van der Waals surface area contributed by atoms with Crippen LogP contribution in [0.15, 0.2) is 42.5 Å². The zero-order valence-electron chi connectivity index (χ0n) is 11.6. The standard InChI is InChI=1S/C16H15N3O2/c1-21-15-13(3-2-4-14(15)18)16(20)19-10-12-7-5-11(9-17)6-8-12/h2-8H,10,18H2,1H3,(H,19,20). The molecular formula is C16H15N3O2. The summed E-state index contributed by atoms with van der Waals surface area (Å²) in [7, 11) is 1.48. The third kappa shape index (κ3) is 3.31. The first kappa shape index (κ1) is 14.4. The van der Waals surface area contributed by atoms with E-state index in [2.05, 4.69) is 5.32 Å². The minimum Gasteiger partial charge on any atom is -0.494 e. The van der Waals surface area contributed by atoms with Gasteiger partial charge in [-0.05, 0) is 29.8 Å². The van der Waals surface area contributed by atoms with Gasteiger partial charge in [-0.2, -0.15) is 5.26 Å². The molecule has 0 aliphatic rings. The van der Waals surface area contributed by atoms with Crippen molar-refractivity contribution in [3.63, 3.8) is 0 Å². The average molecular weight is 281 g/mol. The number of anilines is 1. The van der Waals surface area contributed by atoms with Gasteiger partial charge in [-0.15, -0.1) is 0 Å². The smallest absolute Gasteiger partial charge is 0.255 e. The molecular weight excluding hydrogens is 266 g/mol. The Kier molecular flexibility index (Phi) is 4.42. The minimum absolute atomic E-state index is 0.261. The second-order valence-electron chi connectivity index (χ2n) is 4.42. The quantitative estimate of drug-likeness (QED) is 0.840. The zero-order valence-corrected chi connectivity index (χ0v) is 11.6. The van der Waals surface area contributed by atoms with Gasteiger partial charge in [0.15, 0.2) is 5.75 Å². The predicted octanol–water partition coefficient (Wildman–Crippen LogP) is 2.08. The van der Waals surface area contributed by atoms with Crippen molar-refractivity contribution in [2.45, 2.75) is 6.54 Å². The van der Waals surface area contributed by atoms with Crippen molar-refractivity contribution in [3.8, 4) is 11.8 Å². The molecule has 0 aliphatic carbocycles. The molecule has 0 spiro atoms. The highest BCUT2D eigenvalue weighted by molar-refractivity contribution is 5.98. The summed E-state index contributed by atoms with van der Waals surface area (Å²) in [6, 6.07) is 14.1. The zero-order chi connectivity index (χ0) is 15.2. The molecule has 0 saturated carbocycles. The number of carbonyl (C=O) groups excluding carboxylic acids is 1. The maximum atomic E-state index is 12.2. The molecule has 2 aromatic rings. The molecule has 2 rings (SSSR count). The number of nitrogen functional groups attached to an aromatic ring is 1. The molecule has 0 saturated heterocycles. The van der Waals surface area contributed by atoms with E-state index >= 15 is 0 Å². The average Bonchev–Trinajstić information content (AvgIpc) is 2.52. The lowest BCUT2D eigenvalue weighted by Crippen LogP contribution is -2.23. The number of methoxy groups -OCH3 is 1. The first-order valence-electron chi connectivity index (χ1n) is 6.35. The van der Waals surface area contributed by atoms with Crippen LogP contribution in [-0.2, 0) is 6.54 Å². The molecule has 5 nitrogen and oxygen atoms in total. The number of nitrogens with one attached hydrogen (secondary N) is 1. The molecule has 0 atom stereocenters. The van der Waals surface area contributed by atoms with Crippen molar-refractivity contribution in [2.24, 2.45) is 0 Å². The van der Waals surface area contributed by atoms with E-state index in [-0.39, 0.29) is 5.91 Å². The molecule has 0 bridgehead atoms. The lowest BCUT2D eigenvalue weighted by Gasteiger charge is -2.11. The molecule has 106 valence electrons. The van der Waals surface area contributed by atoms with Gasteiger partial charge in [0.25, 0.3) is 5.91 Å².